The molecule has 0 spiro atoms. The van der Waals surface area contributed by atoms with Crippen molar-refractivity contribution < 1.29 is 33.6 Å². The molecule has 3 aromatic carbocycles. The molecule has 222 valence electrons. The van der Waals surface area contributed by atoms with Crippen LogP contribution in [0.15, 0.2) is 72.1 Å². The van der Waals surface area contributed by atoms with E-state index in [1.165, 1.54) is 9.78 Å². The molecule has 1 aliphatic rings. The molecule has 0 N–H and O–H groups in total. The Kier molecular flexibility index (Phi) is 10.2. The second kappa shape index (κ2) is 14.4. The lowest BCUT2D eigenvalue weighted by Gasteiger charge is -2.40. The van der Waals surface area contributed by atoms with Crippen molar-refractivity contribution in [2.75, 3.05) is 40.5 Å². The Hall–Kier alpha value is -3.79. The Morgan fingerprint density at radius 1 is 0.976 bits per heavy atom. The minimum atomic E-state index is -1.19. The van der Waals surface area contributed by atoms with E-state index in [0.717, 1.165) is 39.8 Å². The van der Waals surface area contributed by atoms with Crippen LogP contribution in [0.1, 0.15) is 34.8 Å². The van der Waals surface area contributed by atoms with E-state index in [4.69, 9.17) is 23.7 Å². The summed E-state index contributed by atoms with van der Waals surface area (Å²) in [4.78, 5) is 14.3. The van der Waals surface area contributed by atoms with Crippen molar-refractivity contribution in [3.63, 3.8) is 0 Å². The van der Waals surface area contributed by atoms with Crippen molar-refractivity contribution in [2.45, 2.75) is 38.1 Å². The van der Waals surface area contributed by atoms with Crippen LogP contribution in [0, 0.1) is 0 Å². The minimum Gasteiger partial charge on any atom is -0.530 e. The quantitative estimate of drug-likeness (QED) is 0.187. The molecule has 0 aliphatic carbocycles. The normalized spacial score (nSPS) is 16.9. The number of thiophene rings is 1. The summed E-state index contributed by atoms with van der Waals surface area (Å²) >= 11 is 1.69. The molecule has 1 aliphatic heterocycles. The third kappa shape index (κ3) is 7.15. The van der Waals surface area contributed by atoms with Crippen LogP contribution >= 0.6 is 11.3 Å². The van der Waals surface area contributed by atoms with E-state index in [2.05, 4.69) is 6.07 Å². The van der Waals surface area contributed by atoms with Gasteiger partial charge >= 0.3 is 0 Å². The van der Waals surface area contributed by atoms with Gasteiger partial charge < -0.3 is 38.5 Å². The molecule has 42 heavy (non-hydrogen) atoms. The highest BCUT2D eigenvalue weighted by molar-refractivity contribution is 7.09. The number of hydrogen-bond acceptors (Lipinski definition) is 8. The van der Waals surface area contributed by atoms with Crippen LogP contribution in [0.2, 0.25) is 0 Å². The molecule has 8 nitrogen and oxygen atoms in total. The summed E-state index contributed by atoms with van der Waals surface area (Å²) in [6, 6.07) is 21.9. The highest BCUT2D eigenvalue weighted by Gasteiger charge is 2.32. The molecule has 9 heteroatoms. The van der Waals surface area contributed by atoms with Gasteiger partial charge in [0.15, 0.2) is 0 Å². The average Bonchev–Trinajstić information content (AvgIpc) is 3.55. The number of benzene rings is 3. The van der Waals surface area contributed by atoms with Crippen LogP contribution in [0.5, 0.6) is 17.2 Å². The van der Waals surface area contributed by atoms with Crippen LogP contribution in [0.3, 0.4) is 0 Å². The van der Waals surface area contributed by atoms with Gasteiger partial charge in [0, 0.05) is 46.6 Å². The molecule has 1 saturated heterocycles. The van der Waals surface area contributed by atoms with Gasteiger partial charge in [0.2, 0.25) is 0 Å². The number of nitrogens with zero attached hydrogens (tertiary/aromatic N) is 1. The lowest BCUT2D eigenvalue weighted by atomic mass is 9.87. The summed E-state index contributed by atoms with van der Waals surface area (Å²) in [7, 11) is 3.28. The Morgan fingerprint density at radius 3 is 2.50 bits per heavy atom. The summed E-state index contributed by atoms with van der Waals surface area (Å²) in [5.74, 6) is 2.24. The number of methoxy groups -OCH3 is 2. The summed E-state index contributed by atoms with van der Waals surface area (Å²) in [6.07, 6.45) is -0.131. The number of carboxylic acid groups (broad SMARTS) is 1. The smallest absolute Gasteiger partial charge is 0.137 e. The molecule has 4 aromatic rings. The number of piperidine rings is 1. The highest BCUT2D eigenvalue weighted by atomic mass is 32.1. The summed E-state index contributed by atoms with van der Waals surface area (Å²) in [5, 5.41) is 15.6. The number of carbonyl (C=O) groups excluding carboxylic acids is 1. The van der Waals surface area contributed by atoms with Gasteiger partial charge in [-0.3, -0.25) is 0 Å². The Balaban J connectivity index is 1.23. The van der Waals surface area contributed by atoms with Gasteiger partial charge in [-0.2, -0.15) is 0 Å². The SMILES string of the molecule is COc1cc(COC2CN(C(=O)[O-])CCC2c2ccc(OCCCOCc3cccs3)cc2)c(OC)c2ccccc12. The van der Waals surface area contributed by atoms with E-state index < -0.39 is 6.09 Å². The van der Waals surface area contributed by atoms with Gasteiger partial charge in [-0.25, -0.2) is 0 Å². The summed E-state index contributed by atoms with van der Waals surface area (Å²) in [5.41, 5.74) is 1.91. The number of likely N-dealkylation sites (tertiary alicyclic amines) is 1. The van der Waals surface area contributed by atoms with Crippen LogP contribution < -0.4 is 19.3 Å². The summed E-state index contributed by atoms with van der Waals surface area (Å²) in [6.45, 7) is 2.69. The fraction of sp³-hybridized carbons (Fsp3) is 0.364. The number of ether oxygens (including phenoxy) is 5. The fourth-order valence-corrected chi connectivity index (χ4v) is 6.09. The van der Waals surface area contributed by atoms with E-state index >= 15 is 0 Å². The van der Waals surface area contributed by atoms with Gasteiger partial charge in [0.05, 0.1) is 46.8 Å². The highest BCUT2D eigenvalue weighted by Crippen LogP contribution is 2.38. The predicted molar refractivity (Wildman–Crippen MR) is 160 cm³/mol. The molecular formula is C33H36NO7S-. The van der Waals surface area contributed by atoms with Gasteiger partial charge in [-0.05, 0) is 41.6 Å². The largest absolute Gasteiger partial charge is 0.530 e. The third-order valence-corrected chi connectivity index (χ3v) is 8.41. The monoisotopic (exact) mass is 590 g/mol. The number of hydrogen-bond donors (Lipinski definition) is 0. The number of fused-ring (bicyclic) bond motifs is 1. The zero-order valence-electron chi connectivity index (χ0n) is 24.0. The maximum Gasteiger partial charge on any atom is 0.137 e. The zero-order chi connectivity index (χ0) is 29.3. The van der Waals surface area contributed by atoms with Crippen molar-refractivity contribution in [3.8, 4) is 17.2 Å². The van der Waals surface area contributed by atoms with Crippen molar-refractivity contribution in [1.82, 2.24) is 4.90 Å². The molecular weight excluding hydrogens is 554 g/mol. The standard InChI is InChI=1S/C33H37NO7S/c1-37-30-19-24(32(38-2)29-9-4-3-8-28(29)30)21-41-31-20-34(33(35)36)15-14-27(31)23-10-12-25(13-11-23)40-17-6-16-39-22-26-7-5-18-42-26/h3-5,7-13,18-19,27,31H,6,14-17,20-22H2,1-2H3,(H,35,36)/p-1. The molecule has 1 fully saturated rings. The molecule has 1 amide bonds. The van der Waals surface area contributed by atoms with E-state index in [0.29, 0.717) is 38.5 Å². The molecule has 2 heterocycles. The van der Waals surface area contributed by atoms with Gasteiger partial charge in [-0.15, -0.1) is 11.3 Å². The second-order valence-corrected chi connectivity index (χ2v) is 11.2. The Morgan fingerprint density at radius 2 is 1.79 bits per heavy atom. The maximum atomic E-state index is 11.7. The van der Waals surface area contributed by atoms with Crippen molar-refractivity contribution in [2.24, 2.45) is 0 Å². The van der Waals surface area contributed by atoms with Gasteiger partial charge in [-0.1, -0.05) is 42.5 Å². The predicted octanol–water partition coefficient (Wildman–Crippen LogP) is 5.62. The zero-order valence-corrected chi connectivity index (χ0v) is 24.8. The first-order chi connectivity index (χ1) is 20.6. The van der Waals surface area contributed by atoms with Crippen LogP contribution in [0.4, 0.5) is 4.79 Å². The van der Waals surface area contributed by atoms with Gasteiger partial charge in [0.1, 0.15) is 23.3 Å². The molecule has 2 atom stereocenters. The molecule has 0 radical (unpaired) electrons. The van der Waals surface area contributed by atoms with Crippen molar-refractivity contribution in [1.29, 1.82) is 0 Å². The first kappa shape index (κ1) is 29.7. The number of amides is 1. The van der Waals surface area contributed by atoms with Crippen LogP contribution in [-0.4, -0.2) is 57.6 Å². The summed E-state index contributed by atoms with van der Waals surface area (Å²) < 4.78 is 29.5. The minimum absolute atomic E-state index is 0.00801. The average molecular weight is 591 g/mol. The first-order valence-corrected chi connectivity index (χ1v) is 15.0. The van der Waals surface area contributed by atoms with E-state index in [1.54, 1.807) is 25.6 Å². The molecule has 0 saturated carbocycles. The van der Waals surface area contributed by atoms with E-state index in [-0.39, 0.29) is 25.2 Å². The van der Waals surface area contributed by atoms with Gasteiger partial charge in [0.25, 0.3) is 0 Å². The molecule has 0 bridgehead atoms. The van der Waals surface area contributed by atoms with Crippen LogP contribution in [0.25, 0.3) is 10.8 Å². The third-order valence-electron chi connectivity index (χ3n) is 7.56. The molecule has 5 rings (SSSR count). The van der Waals surface area contributed by atoms with Crippen LogP contribution in [-0.2, 0) is 22.7 Å². The Labute approximate surface area is 250 Å². The lowest BCUT2D eigenvalue weighted by molar-refractivity contribution is -0.268. The topological polar surface area (TPSA) is 89.5 Å². The Bertz CT molecular complexity index is 1440. The number of carbonyl (C=O) groups is 1. The van der Waals surface area contributed by atoms with Crippen molar-refractivity contribution >= 4 is 28.2 Å². The first-order valence-electron chi connectivity index (χ1n) is 14.1. The molecule has 1 aromatic heterocycles. The molecule has 2 unspecified atom stereocenters. The second-order valence-electron chi connectivity index (χ2n) is 10.2. The number of rotatable bonds is 13. The lowest BCUT2D eigenvalue weighted by Crippen LogP contribution is -2.51. The fourth-order valence-electron chi connectivity index (χ4n) is 5.45. The van der Waals surface area contributed by atoms with E-state index in [9.17, 15) is 9.90 Å². The van der Waals surface area contributed by atoms with Crippen molar-refractivity contribution in [3.05, 3.63) is 88.1 Å². The maximum absolute atomic E-state index is 11.7. The van der Waals surface area contributed by atoms with E-state index in [1.807, 2.05) is 66.0 Å².